The summed E-state index contributed by atoms with van der Waals surface area (Å²) in [5, 5.41) is 19.8. The summed E-state index contributed by atoms with van der Waals surface area (Å²) in [6.45, 7) is 8.64. The van der Waals surface area contributed by atoms with Gasteiger partial charge in [0.05, 0.1) is 17.9 Å². The Labute approximate surface area is 184 Å². The number of ether oxygens (including phenoxy) is 1. The highest BCUT2D eigenvalue weighted by molar-refractivity contribution is 7.91. The van der Waals surface area contributed by atoms with E-state index in [9.17, 15) is 18.4 Å². The molecule has 11 heteroatoms. The van der Waals surface area contributed by atoms with Gasteiger partial charge >= 0.3 is 16.2 Å². The molecule has 2 unspecified atom stereocenters. The Morgan fingerprint density at radius 1 is 1.23 bits per heavy atom. The minimum absolute atomic E-state index is 0.0222. The second kappa shape index (κ2) is 9.74. The maximum absolute atomic E-state index is 13.4. The Morgan fingerprint density at radius 2 is 1.84 bits per heavy atom. The SMILES string of the molecule is CC1CCCC(C)C1NC(=O)N([O-])S(=O)(=O)N(c1cnn(C(C)C)c1)C1CCOCC1. The van der Waals surface area contributed by atoms with Crippen LogP contribution in [0.1, 0.15) is 65.8 Å². The molecular weight excluding hydrogens is 422 g/mol. The molecule has 2 atom stereocenters. The molecule has 1 aromatic rings. The van der Waals surface area contributed by atoms with Gasteiger partial charge in [-0.2, -0.15) is 13.5 Å². The van der Waals surface area contributed by atoms with Gasteiger partial charge < -0.3 is 15.3 Å². The lowest BCUT2D eigenvalue weighted by atomic mass is 9.79. The van der Waals surface area contributed by atoms with Crippen molar-refractivity contribution in [2.24, 2.45) is 11.8 Å². The number of carbonyl (C=O) groups excluding carboxylic acids is 1. The Morgan fingerprint density at radius 3 is 2.39 bits per heavy atom. The number of anilines is 1. The third kappa shape index (κ3) is 5.15. The molecule has 1 saturated heterocycles. The van der Waals surface area contributed by atoms with E-state index in [0.29, 0.717) is 26.1 Å². The number of hydrogen-bond acceptors (Lipinski definition) is 6. The van der Waals surface area contributed by atoms with Gasteiger partial charge in [0.25, 0.3) is 0 Å². The van der Waals surface area contributed by atoms with Crippen molar-refractivity contribution in [1.29, 1.82) is 0 Å². The molecular formula is C20H34N5O5S-. The zero-order valence-corrected chi connectivity index (χ0v) is 19.5. The number of carbonyl (C=O) groups is 1. The largest absolute Gasteiger partial charge is 0.740 e. The molecule has 31 heavy (non-hydrogen) atoms. The molecule has 3 rings (SSSR count). The number of nitrogens with zero attached hydrogens (tertiary/aromatic N) is 4. The average molecular weight is 457 g/mol. The maximum Gasteiger partial charge on any atom is 0.322 e. The van der Waals surface area contributed by atoms with Crippen LogP contribution >= 0.6 is 0 Å². The lowest BCUT2D eigenvalue weighted by Crippen LogP contribution is -2.55. The smallest absolute Gasteiger partial charge is 0.322 e. The van der Waals surface area contributed by atoms with E-state index >= 15 is 0 Å². The second-order valence-corrected chi connectivity index (χ2v) is 10.6. The van der Waals surface area contributed by atoms with Gasteiger partial charge in [0, 0.05) is 31.5 Å². The van der Waals surface area contributed by atoms with Gasteiger partial charge in [-0.15, -0.1) is 0 Å². The summed E-state index contributed by atoms with van der Waals surface area (Å²) >= 11 is 0. The van der Waals surface area contributed by atoms with Crippen LogP contribution in [0.25, 0.3) is 0 Å². The molecule has 2 heterocycles. The first-order valence-electron chi connectivity index (χ1n) is 11.1. The van der Waals surface area contributed by atoms with Crippen LogP contribution < -0.4 is 9.62 Å². The standard InChI is InChI=1S/C20H34N5O5S/c1-14(2)23-13-18(12-21-23)24(17-8-10-30-11-9-17)31(28,29)25(27)20(26)22-19-15(3)6-5-7-16(19)4/h12-17,19H,5-11H2,1-4H3,(H,22,26)/q-1. The summed E-state index contributed by atoms with van der Waals surface area (Å²) < 4.78 is 34.3. The molecule has 1 aliphatic heterocycles. The first-order valence-corrected chi connectivity index (χ1v) is 12.5. The number of hydroxylamine groups is 1. The van der Waals surface area contributed by atoms with Gasteiger partial charge in [-0.1, -0.05) is 20.3 Å². The molecule has 176 valence electrons. The van der Waals surface area contributed by atoms with Gasteiger partial charge in [0.15, 0.2) is 0 Å². The Balaban J connectivity index is 1.86. The monoisotopic (exact) mass is 456 g/mol. The summed E-state index contributed by atoms with van der Waals surface area (Å²) in [5.41, 5.74) is 0.272. The summed E-state index contributed by atoms with van der Waals surface area (Å²) in [5.74, 6) is 0.361. The minimum Gasteiger partial charge on any atom is -0.740 e. The first kappa shape index (κ1) is 23.8. The van der Waals surface area contributed by atoms with E-state index in [2.05, 4.69) is 10.4 Å². The molecule has 2 amide bonds. The highest BCUT2D eigenvalue weighted by atomic mass is 32.2. The molecule has 1 aromatic heterocycles. The van der Waals surface area contributed by atoms with E-state index in [1.54, 1.807) is 10.9 Å². The van der Waals surface area contributed by atoms with Gasteiger partial charge in [0.1, 0.15) is 0 Å². The predicted molar refractivity (Wildman–Crippen MR) is 118 cm³/mol. The van der Waals surface area contributed by atoms with Gasteiger partial charge in [0.2, 0.25) is 0 Å². The number of hydrogen-bond donors (Lipinski definition) is 1. The third-order valence-electron chi connectivity index (χ3n) is 6.35. The Hall–Kier alpha value is -1.85. The summed E-state index contributed by atoms with van der Waals surface area (Å²) in [6, 6.07) is -1.83. The fourth-order valence-corrected chi connectivity index (χ4v) is 5.89. The number of rotatable bonds is 6. The molecule has 1 saturated carbocycles. The van der Waals surface area contributed by atoms with Crippen LogP contribution in [0.5, 0.6) is 0 Å². The van der Waals surface area contributed by atoms with E-state index < -0.39 is 26.8 Å². The van der Waals surface area contributed by atoms with Crippen LogP contribution in [0.4, 0.5) is 10.5 Å². The maximum atomic E-state index is 13.4. The van der Waals surface area contributed by atoms with Crippen molar-refractivity contribution >= 4 is 21.9 Å². The van der Waals surface area contributed by atoms with E-state index in [1.807, 2.05) is 27.7 Å². The molecule has 2 aliphatic rings. The number of urea groups is 1. The van der Waals surface area contributed by atoms with Gasteiger partial charge in [-0.05, 0) is 51.4 Å². The highest BCUT2D eigenvalue weighted by Gasteiger charge is 2.37. The molecule has 1 aliphatic carbocycles. The fourth-order valence-electron chi connectivity index (χ4n) is 4.52. The van der Waals surface area contributed by atoms with Crippen LogP contribution in [0.2, 0.25) is 0 Å². The van der Waals surface area contributed by atoms with Crippen LogP contribution in [-0.4, -0.2) is 54.0 Å². The Kier molecular flexibility index (Phi) is 7.48. The van der Waals surface area contributed by atoms with Crippen molar-refractivity contribution in [3.63, 3.8) is 0 Å². The normalized spacial score (nSPS) is 25.4. The van der Waals surface area contributed by atoms with E-state index in [-0.39, 0.29) is 29.6 Å². The van der Waals surface area contributed by atoms with E-state index in [1.165, 1.54) is 6.20 Å². The molecule has 0 bridgehead atoms. The van der Waals surface area contributed by atoms with Crippen molar-refractivity contribution in [2.45, 2.75) is 77.9 Å². The molecule has 0 radical (unpaired) electrons. The fraction of sp³-hybridized carbons (Fsp3) is 0.800. The number of nitrogens with one attached hydrogen (secondary N) is 1. The van der Waals surface area contributed by atoms with Gasteiger partial charge in [-0.25, -0.2) is 9.10 Å². The van der Waals surface area contributed by atoms with E-state index in [0.717, 1.165) is 23.6 Å². The van der Waals surface area contributed by atoms with Gasteiger partial charge in [-0.3, -0.25) is 9.15 Å². The van der Waals surface area contributed by atoms with Crippen LogP contribution in [0, 0.1) is 17.0 Å². The van der Waals surface area contributed by atoms with Crippen molar-refractivity contribution in [2.75, 3.05) is 17.5 Å². The zero-order valence-electron chi connectivity index (χ0n) is 18.7. The van der Waals surface area contributed by atoms with Crippen LogP contribution in [-0.2, 0) is 14.9 Å². The van der Waals surface area contributed by atoms with Crippen molar-refractivity contribution in [3.05, 3.63) is 17.6 Å². The zero-order chi connectivity index (χ0) is 22.8. The quantitative estimate of drug-likeness (QED) is 0.657. The predicted octanol–water partition coefficient (Wildman–Crippen LogP) is 3.03. The van der Waals surface area contributed by atoms with Crippen molar-refractivity contribution < 1.29 is 17.9 Å². The third-order valence-corrected chi connectivity index (χ3v) is 7.94. The lowest BCUT2D eigenvalue weighted by molar-refractivity contribution is 0.0874. The molecule has 1 N–H and O–H groups in total. The molecule has 0 aromatic carbocycles. The van der Waals surface area contributed by atoms with Crippen molar-refractivity contribution in [3.8, 4) is 0 Å². The molecule has 2 fully saturated rings. The summed E-state index contributed by atoms with van der Waals surface area (Å²) in [4.78, 5) is 12.7. The number of amides is 2. The first-order chi connectivity index (χ1) is 14.6. The number of aromatic nitrogens is 2. The van der Waals surface area contributed by atoms with Crippen LogP contribution in [0.3, 0.4) is 0 Å². The average Bonchev–Trinajstić information content (AvgIpc) is 3.20. The summed E-state index contributed by atoms with van der Waals surface area (Å²) in [7, 11) is -4.66. The summed E-state index contributed by atoms with van der Waals surface area (Å²) in [6.07, 6.45) is 6.80. The topological polar surface area (TPSA) is 120 Å². The minimum atomic E-state index is -4.66. The second-order valence-electron chi connectivity index (χ2n) is 9.01. The Bertz CT molecular complexity index is 842. The lowest BCUT2D eigenvalue weighted by Gasteiger charge is -2.41. The van der Waals surface area contributed by atoms with Crippen molar-refractivity contribution in [1.82, 2.24) is 19.6 Å². The van der Waals surface area contributed by atoms with Crippen LogP contribution in [0.15, 0.2) is 12.4 Å². The molecule has 0 spiro atoms. The van der Waals surface area contributed by atoms with E-state index in [4.69, 9.17) is 4.74 Å². The highest BCUT2D eigenvalue weighted by Crippen LogP contribution is 2.31. The molecule has 10 nitrogen and oxygen atoms in total.